The molecule has 2 saturated heterocycles. The number of halogens is 1. The van der Waals surface area contributed by atoms with Crippen LogP contribution < -0.4 is 0 Å². The molecule has 6 heteroatoms. The third-order valence-corrected chi connectivity index (χ3v) is 4.85. The zero-order valence-corrected chi connectivity index (χ0v) is 13.4. The summed E-state index contributed by atoms with van der Waals surface area (Å²) in [7, 11) is 0. The molecule has 4 rings (SSSR count). The topological polar surface area (TPSA) is 51.9 Å². The first-order chi connectivity index (χ1) is 11.7. The average molecular weight is 333 g/mol. The van der Waals surface area contributed by atoms with Gasteiger partial charge in [-0.15, -0.1) is 0 Å². The Bertz CT molecular complexity index is 745. The lowest BCUT2D eigenvalue weighted by Crippen LogP contribution is -2.57. The molecule has 5 nitrogen and oxygen atoms in total. The zero-order chi connectivity index (χ0) is 16.6. The first-order valence-corrected chi connectivity index (χ1v) is 8.30. The minimum absolute atomic E-state index is 0.0373. The van der Waals surface area contributed by atoms with Crippen LogP contribution in [0.15, 0.2) is 28.9 Å². The van der Waals surface area contributed by atoms with E-state index in [0.717, 1.165) is 30.4 Å². The highest BCUT2D eigenvalue weighted by molar-refractivity contribution is 5.87. The minimum Gasteiger partial charge on any atom is -0.464 e. The summed E-state index contributed by atoms with van der Waals surface area (Å²) in [5.41, 5.74) is 0.903. The summed E-state index contributed by atoms with van der Waals surface area (Å²) in [5, 5.41) is 0.786. The van der Waals surface area contributed by atoms with Gasteiger partial charge in [-0.05, 0) is 25.0 Å². The number of carbonyl (C=O) groups is 1. The normalized spacial score (nSPS) is 24.6. The van der Waals surface area contributed by atoms with Crippen molar-refractivity contribution in [3.63, 3.8) is 0 Å². The van der Waals surface area contributed by atoms with Gasteiger partial charge >= 0.3 is 0 Å². The van der Waals surface area contributed by atoms with Gasteiger partial charge in [0.2, 0.25) is 5.91 Å². The molecular weight excluding hydrogens is 313 g/mol. The van der Waals surface area contributed by atoms with Crippen LogP contribution in [0.25, 0.3) is 11.0 Å². The summed E-state index contributed by atoms with van der Waals surface area (Å²) in [4.78, 5) is 14.6. The molecule has 0 unspecified atom stereocenters. The summed E-state index contributed by atoms with van der Waals surface area (Å²) in [6.07, 6.45) is 3.67. The van der Waals surface area contributed by atoms with E-state index >= 15 is 0 Å². The van der Waals surface area contributed by atoms with Gasteiger partial charge in [0.05, 0.1) is 32.4 Å². The number of rotatable bonds is 2. The first-order valence-electron chi connectivity index (χ1n) is 8.30. The first kappa shape index (κ1) is 15.6. The number of fused-ring (bicyclic) bond motifs is 1. The van der Waals surface area contributed by atoms with E-state index in [0.29, 0.717) is 31.9 Å². The van der Waals surface area contributed by atoms with Crippen molar-refractivity contribution in [2.24, 2.45) is 0 Å². The highest BCUT2D eigenvalue weighted by atomic mass is 19.1. The van der Waals surface area contributed by atoms with E-state index < -0.39 is 0 Å². The van der Waals surface area contributed by atoms with Gasteiger partial charge in [-0.3, -0.25) is 4.79 Å². The van der Waals surface area contributed by atoms with Crippen LogP contribution in [0.4, 0.5) is 4.39 Å². The maximum Gasteiger partial charge on any atom is 0.227 e. The second kappa shape index (κ2) is 6.18. The molecule has 2 fully saturated rings. The van der Waals surface area contributed by atoms with Gasteiger partial charge in [-0.2, -0.15) is 0 Å². The van der Waals surface area contributed by atoms with E-state index in [9.17, 15) is 9.18 Å². The van der Waals surface area contributed by atoms with E-state index in [1.54, 1.807) is 12.3 Å². The molecule has 0 saturated carbocycles. The Labute approximate surface area is 139 Å². The zero-order valence-electron chi connectivity index (χ0n) is 13.4. The van der Waals surface area contributed by atoms with Crippen molar-refractivity contribution < 1.29 is 23.1 Å². The molecule has 2 aliphatic heterocycles. The van der Waals surface area contributed by atoms with Crippen molar-refractivity contribution in [1.82, 2.24) is 4.90 Å². The number of morpholine rings is 1. The summed E-state index contributed by atoms with van der Waals surface area (Å²) >= 11 is 0. The van der Waals surface area contributed by atoms with Gasteiger partial charge in [-0.1, -0.05) is 0 Å². The van der Waals surface area contributed by atoms with Crippen molar-refractivity contribution in [3.05, 3.63) is 35.8 Å². The van der Waals surface area contributed by atoms with Crippen LogP contribution in [-0.4, -0.2) is 49.3 Å². The molecule has 3 heterocycles. The Balaban J connectivity index is 1.48. The lowest BCUT2D eigenvalue weighted by molar-refractivity contribution is -0.176. The van der Waals surface area contributed by atoms with Crippen molar-refractivity contribution in [2.75, 3.05) is 32.9 Å². The van der Waals surface area contributed by atoms with Crippen molar-refractivity contribution in [1.29, 1.82) is 0 Å². The Kier molecular flexibility index (Phi) is 4.02. The van der Waals surface area contributed by atoms with Gasteiger partial charge in [0.25, 0.3) is 0 Å². The van der Waals surface area contributed by atoms with Crippen LogP contribution in [0.1, 0.15) is 18.4 Å². The van der Waals surface area contributed by atoms with Crippen LogP contribution in [-0.2, 0) is 20.7 Å². The highest BCUT2D eigenvalue weighted by Crippen LogP contribution is 2.28. The molecule has 24 heavy (non-hydrogen) atoms. The summed E-state index contributed by atoms with van der Waals surface area (Å²) in [5.74, 6) is -0.308. The molecule has 1 amide bonds. The van der Waals surface area contributed by atoms with E-state index in [1.165, 1.54) is 12.1 Å². The average Bonchev–Trinajstić information content (AvgIpc) is 2.97. The number of carbonyl (C=O) groups excluding carboxylic acids is 1. The maximum absolute atomic E-state index is 13.2. The van der Waals surface area contributed by atoms with E-state index in [4.69, 9.17) is 13.9 Å². The monoisotopic (exact) mass is 333 g/mol. The summed E-state index contributed by atoms with van der Waals surface area (Å²) < 4.78 is 30.1. The second-order valence-electron chi connectivity index (χ2n) is 6.58. The minimum atomic E-state index is -0.353. The van der Waals surface area contributed by atoms with Gasteiger partial charge in [0.1, 0.15) is 17.0 Å². The fourth-order valence-electron chi connectivity index (χ4n) is 3.59. The highest BCUT2D eigenvalue weighted by Gasteiger charge is 2.40. The number of benzene rings is 1. The predicted octanol–water partition coefficient (Wildman–Crippen LogP) is 2.52. The SMILES string of the molecule is O=C(Cc1coc2cc(F)ccc12)N1CCO[C@@]2(CCCOC2)C1. The maximum atomic E-state index is 13.2. The summed E-state index contributed by atoms with van der Waals surface area (Å²) in [6.45, 7) is 3.00. The fourth-order valence-corrected chi connectivity index (χ4v) is 3.59. The van der Waals surface area contributed by atoms with Crippen LogP contribution in [0.2, 0.25) is 0 Å². The Morgan fingerprint density at radius 2 is 2.25 bits per heavy atom. The van der Waals surface area contributed by atoms with Crippen LogP contribution in [0, 0.1) is 5.82 Å². The van der Waals surface area contributed by atoms with Crippen LogP contribution >= 0.6 is 0 Å². The molecule has 0 aliphatic carbocycles. The van der Waals surface area contributed by atoms with Gasteiger partial charge in [-0.25, -0.2) is 4.39 Å². The van der Waals surface area contributed by atoms with Crippen LogP contribution in [0.5, 0.6) is 0 Å². The van der Waals surface area contributed by atoms with Crippen molar-refractivity contribution in [3.8, 4) is 0 Å². The Hall–Kier alpha value is -1.92. The van der Waals surface area contributed by atoms with Gasteiger partial charge < -0.3 is 18.8 Å². The number of ether oxygens (including phenoxy) is 2. The molecule has 0 bridgehead atoms. The standard InChI is InChI=1S/C18H20FNO4/c19-14-2-3-15-13(10-23-16(15)9-14)8-17(21)20-5-7-24-18(11-20)4-1-6-22-12-18/h2-3,9-10H,1,4-8,11-12H2/t18-/m0/s1. The predicted molar refractivity (Wildman–Crippen MR) is 85.2 cm³/mol. The van der Waals surface area contributed by atoms with Gasteiger partial charge in [0, 0.05) is 30.2 Å². The molecule has 128 valence electrons. The lowest BCUT2D eigenvalue weighted by atomic mass is 9.94. The Morgan fingerprint density at radius 3 is 3.08 bits per heavy atom. The molecule has 1 atom stereocenters. The largest absolute Gasteiger partial charge is 0.464 e. The van der Waals surface area contributed by atoms with E-state index in [1.807, 2.05) is 4.90 Å². The number of hydrogen-bond acceptors (Lipinski definition) is 4. The third-order valence-electron chi connectivity index (χ3n) is 4.85. The number of nitrogens with zero attached hydrogens (tertiary/aromatic N) is 1. The van der Waals surface area contributed by atoms with Gasteiger partial charge in [0.15, 0.2) is 0 Å². The second-order valence-corrected chi connectivity index (χ2v) is 6.58. The molecule has 0 radical (unpaired) electrons. The molecule has 1 aromatic heterocycles. The van der Waals surface area contributed by atoms with Crippen molar-refractivity contribution in [2.45, 2.75) is 24.9 Å². The molecular formula is C18H20FNO4. The van der Waals surface area contributed by atoms with E-state index in [-0.39, 0.29) is 23.7 Å². The lowest BCUT2D eigenvalue weighted by Gasteiger charge is -2.44. The molecule has 2 aliphatic rings. The molecule has 1 spiro atoms. The summed E-state index contributed by atoms with van der Waals surface area (Å²) in [6, 6.07) is 4.38. The molecule has 1 aromatic carbocycles. The third kappa shape index (κ3) is 2.91. The van der Waals surface area contributed by atoms with Crippen LogP contribution in [0.3, 0.4) is 0 Å². The number of amides is 1. The quantitative estimate of drug-likeness (QED) is 0.847. The number of hydrogen-bond donors (Lipinski definition) is 0. The molecule has 0 N–H and O–H groups in total. The molecule has 2 aromatic rings. The Morgan fingerprint density at radius 1 is 1.33 bits per heavy atom. The van der Waals surface area contributed by atoms with E-state index in [2.05, 4.69) is 0 Å². The smallest absolute Gasteiger partial charge is 0.227 e. The van der Waals surface area contributed by atoms with Crippen molar-refractivity contribution >= 4 is 16.9 Å². The fraction of sp³-hybridized carbons (Fsp3) is 0.500. The number of furan rings is 1.